The van der Waals surface area contributed by atoms with E-state index in [1.807, 2.05) is 6.07 Å². The fraction of sp³-hybridized carbons (Fsp3) is 0.688. The van der Waals surface area contributed by atoms with Crippen molar-refractivity contribution in [2.45, 2.75) is 50.7 Å². The number of nitriles is 1. The Hall–Kier alpha value is -1.91. The van der Waals surface area contributed by atoms with Crippen LogP contribution in [-0.4, -0.2) is 58.4 Å². The predicted molar refractivity (Wildman–Crippen MR) is 84.5 cm³/mol. The largest absolute Gasteiger partial charge is 0.479 e. The Morgan fingerprint density at radius 2 is 2.04 bits per heavy atom. The zero-order valence-corrected chi connectivity index (χ0v) is 14.0. The minimum absolute atomic E-state index is 0.115. The first-order valence-electron chi connectivity index (χ1n) is 7.39. The SMILES string of the molecule is C=CCCC(=O)N(C)C(CC#N)(COCCC(C)(C)O)C(=O)O. The van der Waals surface area contributed by atoms with Gasteiger partial charge in [-0.15, -0.1) is 6.58 Å². The van der Waals surface area contributed by atoms with Crippen LogP contribution in [0.15, 0.2) is 12.7 Å². The van der Waals surface area contributed by atoms with E-state index in [-0.39, 0.29) is 26.1 Å². The van der Waals surface area contributed by atoms with E-state index in [0.29, 0.717) is 12.8 Å². The number of rotatable bonds is 11. The van der Waals surface area contributed by atoms with E-state index < -0.39 is 23.0 Å². The Bertz CT molecular complexity index is 464. The van der Waals surface area contributed by atoms with Gasteiger partial charge in [0.15, 0.2) is 5.54 Å². The second-order valence-electron chi connectivity index (χ2n) is 6.07. The average Bonchev–Trinajstić information content (AvgIpc) is 2.45. The zero-order valence-electron chi connectivity index (χ0n) is 14.0. The van der Waals surface area contributed by atoms with Gasteiger partial charge in [0.05, 0.1) is 24.7 Å². The molecule has 0 radical (unpaired) electrons. The Balaban J connectivity index is 5.09. The molecule has 0 aromatic heterocycles. The number of carbonyl (C=O) groups excluding carboxylic acids is 1. The molecule has 7 heteroatoms. The maximum atomic E-state index is 12.1. The molecule has 23 heavy (non-hydrogen) atoms. The smallest absolute Gasteiger partial charge is 0.333 e. The molecule has 0 aliphatic rings. The molecule has 1 unspecified atom stereocenters. The van der Waals surface area contributed by atoms with Crippen LogP contribution >= 0.6 is 0 Å². The van der Waals surface area contributed by atoms with Crippen LogP contribution in [0.4, 0.5) is 0 Å². The van der Waals surface area contributed by atoms with Crippen molar-refractivity contribution in [3.63, 3.8) is 0 Å². The van der Waals surface area contributed by atoms with Crippen LogP contribution in [0.3, 0.4) is 0 Å². The normalized spacial score (nSPS) is 13.7. The molecule has 1 atom stereocenters. The molecule has 0 heterocycles. The highest BCUT2D eigenvalue weighted by Gasteiger charge is 2.45. The molecular weight excluding hydrogens is 300 g/mol. The van der Waals surface area contributed by atoms with E-state index in [1.165, 1.54) is 7.05 Å². The summed E-state index contributed by atoms with van der Waals surface area (Å²) in [6.45, 7) is 6.55. The van der Waals surface area contributed by atoms with Crippen LogP contribution in [0.25, 0.3) is 0 Å². The lowest BCUT2D eigenvalue weighted by molar-refractivity contribution is -0.162. The Morgan fingerprint density at radius 1 is 1.43 bits per heavy atom. The van der Waals surface area contributed by atoms with Crippen LogP contribution in [0.1, 0.15) is 39.5 Å². The number of ether oxygens (including phenoxy) is 1. The van der Waals surface area contributed by atoms with Gasteiger partial charge < -0.3 is 19.8 Å². The maximum Gasteiger partial charge on any atom is 0.333 e. The standard InChI is InChI=1S/C16H26N2O5/c1-5-6-7-13(19)18(4)16(8-10-17,14(20)21)12-23-11-9-15(2,3)22/h5,22H,1,6-9,11-12H2,2-4H3,(H,20,21). The van der Waals surface area contributed by atoms with E-state index in [2.05, 4.69) is 6.58 Å². The van der Waals surface area contributed by atoms with Crippen molar-refractivity contribution in [3.05, 3.63) is 12.7 Å². The second-order valence-corrected chi connectivity index (χ2v) is 6.07. The summed E-state index contributed by atoms with van der Waals surface area (Å²) in [7, 11) is 1.36. The molecule has 0 aliphatic heterocycles. The number of hydrogen-bond donors (Lipinski definition) is 2. The highest BCUT2D eigenvalue weighted by molar-refractivity contribution is 5.87. The van der Waals surface area contributed by atoms with Gasteiger partial charge in [-0.2, -0.15) is 5.26 Å². The molecule has 7 nitrogen and oxygen atoms in total. The Morgan fingerprint density at radius 3 is 2.48 bits per heavy atom. The number of aliphatic hydroxyl groups is 1. The molecule has 1 amide bonds. The molecule has 0 rings (SSSR count). The minimum atomic E-state index is -1.74. The average molecular weight is 326 g/mol. The first kappa shape index (κ1) is 21.1. The summed E-state index contributed by atoms with van der Waals surface area (Å²) in [5, 5.41) is 28.2. The monoisotopic (exact) mass is 326 g/mol. The summed E-state index contributed by atoms with van der Waals surface area (Å²) in [6.07, 6.45) is 2.03. The molecule has 0 bridgehead atoms. The van der Waals surface area contributed by atoms with E-state index in [4.69, 9.17) is 10.00 Å². The van der Waals surface area contributed by atoms with Crippen molar-refractivity contribution in [3.8, 4) is 6.07 Å². The van der Waals surface area contributed by atoms with E-state index >= 15 is 0 Å². The number of likely N-dealkylation sites (N-methyl/N-ethyl adjacent to an activating group) is 1. The quantitative estimate of drug-likeness (QED) is 0.438. The topological polar surface area (TPSA) is 111 Å². The third-order valence-corrected chi connectivity index (χ3v) is 3.55. The molecule has 0 fully saturated rings. The van der Waals surface area contributed by atoms with Crippen LogP contribution in [0.5, 0.6) is 0 Å². The van der Waals surface area contributed by atoms with E-state index in [0.717, 1.165) is 4.90 Å². The number of carboxylic acids is 1. The second kappa shape index (κ2) is 9.28. The molecule has 0 aromatic carbocycles. The predicted octanol–water partition coefficient (Wildman–Crippen LogP) is 1.33. The van der Waals surface area contributed by atoms with Crippen LogP contribution in [-0.2, 0) is 14.3 Å². The molecule has 0 saturated heterocycles. The van der Waals surface area contributed by atoms with Gasteiger partial charge in [-0.25, -0.2) is 4.79 Å². The summed E-state index contributed by atoms with van der Waals surface area (Å²) in [4.78, 5) is 24.9. The van der Waals surface area contributed by atoms with Crippen molar-refractivity contribution >= 4 is 11.9 Å². The van der Waals surface area contributed by atoms with Gasteiger partial charge >= 0.3 is 5.97 Å². The highest BCUT2D eigenvalue weighted by Crippen LogP contribution is 2.22. The van der Waals surface area contributed by atoms with Gasteiger partial charge in [-0.1, -0.05) is 6.08 Å². The molecule has 130 valence electrons. The zero-order chi connectivity index (χ0) is 18.1. The molecule has 0 aliphatic carbocycles. The van der Waals surface area contributed by atoms with E-state index in [1.54, 1.807) is 19.9 Å². The molecule has 0 saturated carbocycles. The molecule has 0 spiro atoms. The molecule has 2 N–H and O–H groups in total. The van der Waals surface area contributed by atoms with Crippen molar-refractivity contribution in [2.75, 3.05) is 20.3 Å². The van der Waals surface area contributed by atoms with Crippen LogP contribution in [0.2, 0.25) is 0 Å². The lowest BCUT2D eigenvalue weighted by Crippen LogP contribution is -2.58. The third-order valence-electron chi connectivity index (χ3n) is 3.55. The molecule has 0 aromatic rings. The number of carbonyl (C=O) groups is 2. The fourth-order valence-electron chi connectivity index (χ4n) is 1.87. The van der Waals surface area contributed by atoms with Crippen LogP contribution in [0, 0.1) is 11.3 Å². The van der Waals surface area contributed by atoms with Gasteiger partial charge in [0.2, 0.25) is 5.91 Å². The summed E-state index contributed by atoms with van der Waals surface area (Å²) in [5.74, 6) is -1.69. The van der Waals surface area contributed by atoms with Gasteiger partial charge in [0, 0.05) is 20.1 Å². The third kappa shape index (κ3) is 6.80. The Kier molecular flexibility index (Phi) is 8.51. The van der Waals surface area contributed by atoms with Crippen molar-refractivity contribution in [2.24, 2.45) is 0 Å². The number of nitrogens with zero attached hydrogens (tertiary/aromatic N) is 2. The lowest BCUT2D eigenvalue weighted by Gasteiger charge is -2.36. The molecular formula is C16H26N2O5. The minimum Gasteiger partial charge on any atom is -0.479 e. The fourth-order valence-corrected chi connectivity index (χ4v) is 1.87. The number of amides is 1. The summed E-state index contributed by atoms with van der Waals surface area (Å²) in [6, 6.07) is 1.81. The number of carboxylic acid groups (broad SMARTS) is 1. The first-order valence-corrected chi connectivity index (χ1v) is 7.39. The highest BCUT2D eigenvalue weighted by atomic mass is 16.5. The number of hydrogen-bond acceptors (Lipinski definition) is 5. The van der Waals surface area contributed by atoms with E-state index in [9.17, 15) is 19.8 Å². The van der Waals surface area contributed by atoms with Gasteiger partial charge in [0.1, 0.15) is 0 Å². The summed E-state index contributed by atoms with van der Waals surface area (Å²) >= 11 is 0. The van der Waals surface area contributed by atoms with Gasteiger partial charge in [0.25, 0.3) is 0 Å². The van der Waals surface area contributed by atoms with Crippen molar-refractivity contribution in [1.29, 1.82) is 5.26 Å². The first-order chi connectivity index (χ1) is 10.6. The Labute approximate surface area is 137 Å². The lowest BCUT2D eigenvalue weighted by atomic mass is 9.94. The van der Waals surface area contributed by atoms with Crippen molar-refractivity contribution in [1.82, 2.24) is 4.90 Å². The summed E-state index contributed by atoms with van der Waals surface area (Å²) < 4.78 is 5.36. The summed E-state index contributed by atoms with van der Waals surface area (Å²) in [5.41, 5.74) is -2.68. The van der Waals surface area contributed by atoms with Crippen LogP contribution < -0.4 is 0 Å². The number of allylic oxidation sites excluding steroid dienone is 1. The van der Waals surface area contributed by atoms with Crippen molar-refractivity contribution < 1.29 is 24.5 Å². The van der Waals surface area contributed by atoms with Gasteiger partial charge in [-0.3, -0.25) is 4.79 Å². The maximum absolute atomic E-state index is 12.1. The number of aliphatic carboxylic acids is 1. The van der Waals surface area contributed by atoms with Gasteiger partial charge in [-0.05, 0) is 26.7 Å².